The van der Waals surface area contributed by atoms with Gasteiger partial charge in [-0.25, -0.2) is 9.97 Å². The average Bonchev–Trinajstić information content (AvgIpc) is 2.63. The number of halogens is 2. The van der Waals surface area contributed by atoms with E-state index >= 15 is 0 Å². The third kappa shape index (κ3) is 4.32. The van der Waals surface area contributed by atoms with Crippen molar-refractivity contribution in [3.63, 3.8) is 0 Å². The van der Waals surface area contributed by atoms with Crippen molar-refractivity contribution < 1.29 is 9.47 Å². The molecule has 3 aromatic rings. The monoisotopic (exact) mass is 421 g/mol. The van der Waals surface area contributed by atoms with E-state index < -0.39 is 0 Å². The number of ether oxygens (including phenoxy) is 2. The summed E-state index contributed by atoms with van der Waals surface area (Å²) in [6, 6.07) is 11.6. The lowest BCUT2D eigenvalue weighted by atomic mass is 10.2. The van der Waals surface area contributed by atoms with E-state index in [4.69, 9.17) is 21.1 Å². The summed E-state index contributed by atoms with van der Waals surface area (Å²) in [5.74, 6) is 2.54. The zero-order chi connectivity index (χ0) is 17.6. The minimum atomic E-state index is 0.528. The van der Waals surface area contributed by atoms with Gasteiger partial charge in [-0.3, -0.25) is 0 Å². The molecule has 0 unspecified atom stereocenters. The van der Waals surface area contributed by atoms with Crippen LogP contribution in [0.3, 0.4) is 0 Å². The number of nitrogens with zero attached hydrogens (tertiary/aromatic N) is 2. The zero-order valence-corrected chi connectivity index (χ0v) is 16.0. The van der Waals surface area contributed by atoms with Crippen LogP contribution in [0.25, 0.3) is 10.9 Å². The van der Waals surface area contributed by atoms with Crippen LogP contribution in [0.1, 0.15) is 6.42 Å². The van der Waals surface area contributed by atoms with Gasteiger partial charge in [0.15, 0.2) is 11.5 Å². The first-order valence-corrected chi connectivity index (χ1v) is 9.08. The van der Waals surface area contributed by atoms with Gasteiger partial charge in [-0.15, -0.1) is 11.6 Å². The number of rotatable bonds is 7. The van der Waals surface area contributed by atoms with Gasteiger partial charge in [-0.1, -0.05) is 15.9 Å². The number of nitrogens with one attached hydrogen (secondary N) is 1. The van der Waals surface area contributed by atoms with Crippen LogP contribution in [0.2, 0.25) is 0 Å². The standard InChI is InChI=1S/C18H17BrClN3O2/c1-24-16-9-14-15(10-17(16)25-8-2-7-20)21-11-22-18(14)23-13-5-3-12(19)4-6-13/h3-6,9-11H,2,7-8H2,1H3,(H,21,22,23). The van der Waals surface area contributed by atoms with Crippen LogP contribution in [0.15, 0.2) is 47.2 Å². The van der Waals surface area contributed by atoms with Crippen molar-refractivity contribution in [2.45, 2.75) is 6.42 Å². The van der Waals surface area contributed by atoms with Gasteiger partial charge in [0.05, 0.1) is 19.2 Å². The van der Waals surface area contributed by atoms with Crippen LogP contribution >= 0.6 is 27.5 Å². The van der Waals surface area contributed by atoms with E-state index in [0.717, 1.165) is 27.5 Å². The number of hydrogen-bond donors (Lipinski definition) is 1. The maximum absolute atomic E-state index is 5.75. The summed E-state index contributed by atoms with van der Waals surface area (Å²) in [5, 5.41) is 4.17. The summed E-state index contributed by atoms with van der Waals surface area (Å²) in [6.45, 7) is 0.528. The molecule has 0 aliphatic rings. The number of hydrogen-bond acceptors (Lipinski definition) is 5. The summed E-state index contributed by atoms with van der Waals surface area (Å²) in [7, 11) is 1.61. The predicted octanol–water partition coefficient (Wildman–Crippen LogP) is 5.15. The number of aromatic nitrogens is 2. The molecule has 0 aliphatic carbocycles. The van der Waals surface area contributed by atoms with Gasteiger partial charge >= 0.3 is 0 Å². The Morgan fingerprint density at radius 2 is 1.92 bits per heavy atom. The van der Waals surface area contributed by atoms with Gasteiger partial charge < -0.3 is 14.8 Å². The lowest BCUT2D eigenvalue weighted by molar-refractivity contribution is 0.295. The Morgan fingerprint density at radius 1 is 1.12 bits per heavy atom. The van der Waals surface area contributed by atoms with Crippen molar-refractivity contribution >= 4 is 49.9 Å². The maximum Gasteiger partial charge on any atom is 0.163 e. The average molecular weight is 423 g/mol. The van der Waals surface area contributed by atoms with Crippen LogP contribution in [0.5, 0.6) is 11.5 Å². The first kappa shape index (κ1) is 17.8. The molecule has 1 aromatic heterocycles. The van der Waals surface area contributed by atoms with Crippen molar-refractivity contribution in [3.8, 4) is 11.5 Å². The van der Waals surface area contributed by atoms with Gasteiger partial charge in [-0.05, 0) is 36.8 Å². The summed E-state index contributed by atoms with van der Waals surface area (Å²) in [4.78, 5) is 8.70. The van der Waals surface area contributed by atoms with Gasteiger partial charge in [0.2, 0.25) is 0 Å². The largest absolute Gasteiger partial charge is 0.493 e. The maximum atomic E-state index is 5.75. The van der Waals surface area contributed by atoms with Gasteiger partial charge in [0.25, 0.3) is 0 Å². The molecule has 0 radical (unpaired) electrons. The van der Waals surface area contributed by atoms with Crippen molar-refractivity contribution in [1.82, 2.24) is 9.97 Å². The summed E-state index contributed by atoms with van der Waals surface area (Å²) in [6.07, 6.45) is 2.29. The lowest BCUT2D eigenvalue weighted by Gasteiger charge is -2.13. The Bertz CT molecular complexity index is 859. The zero-order valence-electron chi connectivity index (χ0n) is 13.6. The summed E-state index contributed by atoms with van der Waals surface area (Å²) in [5.41, 5.74) is 1.71. The summed E-state index contributed by atoms with van der Waals surface area (Å²) < 4.78 is 12.2. The van der Waals surface area contributed by atoms with Gasteiger partial charge in [0.1, 0.15) is 12.1 Å². The van der Waals surface area contributed by atoms with E-state index in [-0.39, 0.29) is 0 Å². The minimum absolute atomic E-state index is 0.528. The molecule has 0 amide bonds. The minimum Gasteiger partial charge on any atom is -0.493 e. The lowest BCUT2D eigenvalue weighted by Crippen LogP contribution is -2.01. The van der Waals surface area contributed by atoms with Crippen molar-refractivity contribution in [2.24, 2.45) is 0 Å². The van der Waals surface area contributed by atoms with E-state index in [1.165, 1.54) is 6.33 Å². The van der Waals surface area contributed by atoms with Gasteiger partial charge in [0, 0.05) is 27.5 Å². The second kappa shape index (κ2) is 8.36. The highest BCUT2D eigenvalue weighted by Crippen LogP contribution is 2.34. The van der Waals surface area contributed by atoms with E-state index in [9.17, 15) is 0 Å². The molecule has 2 aromatic carbocycles. The molecule has 0 aliphatic heterocycles. The third-order valence-corrected chi connectivity index (χ3v) is 4.36. The highest BCUT2D eigenvalue weighted by Gasteiger charge is 2.12. The molecule has 7 heteroatoms. The second-order valence-electron chi connectivity index (χ2n) is 5.27. The molecule has 0 spiro atoms. The topological polar surface area (TPSA) is 56.3 Å². The van der Waals surface area contributed by atoms with Crippen LogP contribution in [0, 0.1) is 0 Å². The normalized spacial score (nSPS) is 10.7. The Kier molecular flexibility index (Phi) is 5.94. The quantitative estimate of drug-likeness (QED) is 0.421. The fourth-order valence-corrected chi connectivity index (χ4v) is 2.72. The first-order valence-electron chi connectivity index (χ1n) is 7.75. The third-order valence-electron chi connectivity index (χ3n) is 3.56. The highest BCUT2D eigenvalue weighted by molar-refractivity contribution is 9.10. The Morgan fingerprint density at radius 3 is 2.64 bits per heavy atom. The number of alkyl halides is 1. The Labute approximate surface area is 159 Å². The van der Waals surface area contributed by atoms with Crippen molar-refractivity contribution in [2.75, 3.05) is 24.9 Å². The van der Waals surface area contributed by atoms with Crippen LogP contribution in [0.4, 0.5) is 11.5 Å². The molecule has 0 atom stereocenters. The summed E-state index contributed by atoms with van der Waals surface area (Å²) >= 11 is 9.13. The molecular formula is C18H17BrClN3O2. The number of fused-ring (bicyclic) bond motifs is 1. The van der Waals surface area contributed by atoms with Crippen LogP contribution in [-0.4, -0.2) is 29.6 Å². The van der Waals surface area contributed by atoms with Crippen LogP contribution in [-0.2, 0) is 0 Å². The molecule has 25 heavy (non-hydrogen) atoms. The molecule has 0 saturated heterocycles. The molecule has 0 bridgehead atoms. The number of benzene rings is 2. The van der Waals surface area contributed by atoms with Crippen molar-refractivity contribution in [3.05, 3.63) is 47.2 Å². The molecule has 1 heterocycles. The molecule has 130 valence electrons. The molecule has 0 fully saturated rings. The van der Waals surface area contributed by atoms with Gasteiger partial charge in [-0.2, -0.15) is 0 Å². The first-order chi connectivity index (χ1) is 12.2. The van der Waals surface area contributed by atoms with Crippen molar-refractivity contribution in [1.29, 1.82) is 0 Å². The molecule has 5 nitrogen and oxygen atoms in total. The molecule has 3 rings (SSSR count). The number of methoxy groups -OCH3 is 1. The fraction of sp³-hybridized carbons (Fsp3) is 0.222. The number of anilines is 2. The van der Waals surface area contributed by atoms with E-state index in [2.05, 4.69) is 31.2 Å². The van der Waals surface area contributed by atoms with E-state index in [1.54, 1.807) is 7.11 Å². The van der Waals surface area contributed by atoms with E-state index in [0.29, 0.717) is 29.8 Å². The molecule has 0 saturated carbocycles. The highest BCUT2D eigenvalue weighted by atomic mass is 79.9. The van der Waals surface area contributed by atoms with Crippen LogP contribution < -0.4 is 14.8 Å². The fourth-order valence-electron chi connectivity index (χ4n) is 2.34. The predicted molar refractivity (Wildman–Crippen MR) is 104 cm³/mol. The van der Waals surface area contributed by atoms with E-state index in [1.807, 2.05) is 36.4 Å². The molecule has 1 N–H and O–H groups in total. The second-order valence-corrected chi connectivity index (χ2v) is 6.56. The Hall–Kier alpha value is -2.05. The Balaban J connectivity index is 1.95. The molecular weight excluding hydrogens is 406 g/mol. The SMILES string of the molecule is COc1cc2c(Nc3ccc(Br)cc3)ncnc2cc1OCCCCl. The smallest absolute Gasteiger partial charge is 0.163 e.